The van der Waals surface area contributed by atoms with E-state index in [1.54, 1.807) is 0 Å². The molecule has 90 valence electrons. The molecule has 3 rings (SSSR count). The molecule has 0 unspecified atom stereocenters. The Morgan fingerprint density at radius 2 is 1.78 bits per heavy atom. The van der Waals surface area contributed by atoms with E-state index in [1.807, 2.05) is 24.3 Å². The van der Waals surface area contributed by atoms with Crippen LogP contribution in [0.1, 0.15) is 16.7 Å². The third-order valence-electron chi connectivity index (χ3n) is 3.11. The Morgan fingerprint density at radius 3 is 2.61 bits per heavy atom. The van der Waals surface area contributed by atoms with Crippen LogP contribution in [0.5, 0.6) is 0 Å². The van der Waals surface area contributed by atoms with Crippen LogP contribution < -0.4 is 0 Å². The van der Waals surface area contributed by atoms with Gasteiger partial charge in [-0.1, -0.05) is 24.3 Å². The Hall–Kier alpha value is -2.03. The third kappa shape index (κ3) is 1.82. The van der Waals surface area contributed by atoms with Gasteiger partial charge in [0, 0.05) is 23.7 Å². The van der Waals surface area contributed by atoms with Gasteiger partial charge in [0.15, 0.2) is 0 Å². The number of aliphatic imine (C=N–C) groups is 1. The maximum absolute atomic E-state index is 13.8. The lowest BCUT2D eigenvalue weighted by atomic mass is 9.93. The van der Waals surface area contributed by atoms with E-state index in [2.05, 4.69) is 4.99 Å². The van der Waals surface area contributed by atoms with Crippen LogP contribution in [0.4, 0.5) is 8.78 Å². The van der Waals surface area contributed by atoms with E-state index in [-0.39, 0.29) is 0 Å². The van der Waals surface area contributed by atoms with Crippen molar-refractivity contribution in [3.05, 3.63) is 70.8 Å². The molecule has 18 heavy (non-hydrogen) atoms. The van der Waals surface area contributed by atoms with Crippen molar-refractivity contribution in [2.75, 3.05) is 6.54 Å². The van der Waals surface area contributed by atoms with Crippen molar-refractivity contribution in [1.82, 2.24) is 0 Å². The number of nitrogens with zero attached hydrogens (tertiary/aromatic N) is 1. The summed E-state index contributed by atoms with van der Waals surface area (Å²) in [5.41, 5.74) is 3.08. The normalized spacial score (nSPS) is 14.0. The molecule has 1 aliphatic rings. The highest BCUT2D eigenvalue weighted by molar-refractivity contribution is 6.14. The zero-order chi connectivity index (χ0) is 12.5. The van der Waals surface area contributed by atoms with Crippen molar-refractivity contribution in [3.63, 3.8) is 0 Å². The van der Waals surface area contributed by atoms with Gasteiger partial charge in [0.2, 0.25) is 0 Å². The lowest BCUT2D eigenvalue weighted by Gasteiger charge is -2.17. The van der Waals surface area contributed by atoms with Crippen LogP contribution in [0.2, 0.25) is 0 Å². The van der Waals surface area contributed by atoms with Crippen LogP contribution in [0.25, 0.3) is 0 Å². The zero-order valence-corrected chi connectivity index (χ0v) is 9.66. The predicted octanol–water partition coefficient (Wildman–Crippen LogP) is 3.36. The first-order chi connectivity index (χ1) is 8.75. The Kier molecular flexibility index (Phi) is 2.67. The van der Waals surface area contributed by atoms with E-state index in [1.165, 1.54) is 12.1 Å². The highest BCUT2D eigenvalue weighted by atomic mass is 19.1. The molecule has 0 fully saturated rings. The van der Waals surface area contributed by atoms with Crippen LogP contribution in [0.3, 0.4) is 0 Å². The molecule has 2 aromatic rings. The van der Waals surface area contributed by atoms with E-state index >= 15 is 0 Å². The number of hydrogen-bond donors (Lipinski definition) is 0. The first-order valence-electron chi connectivity index (χ1n) is 5.84. The van der Waals surface area contributed by atoms with Gasteiger partial charge in [0.05, 0.1) is 5.71 Å². The van der Waals surface area contributed by atoms with Crippen molar-refractivity contribution in [3.8, 4) is 0 Å². The molecule has 0 saturated carbocycles. The molecule has 0 N–H and O–H groups in total. The number of benzene rings is 2. The maximum atomic E-state index is 13.8. The van der Waals surface area contributed by atoms with E-state index < -0.39 is 11.6 Å². The van der Waals surface area contributed by atoms with Crippen molar-refractivity contribution < 1.29 is 8.78 Å². The van der Waals surface area contributed by atoms with Gasteiger partial charge in [0.1, 0.15) is 11.6 Å². The number of hydrogen-bond acceptors (Lipinski definition) is 1. The Bertz CT molecular complexity index is 632. The molecule has 0 radical (unpaired) electrons. The Morgan fingerprint density at radius 1 is 0.944 bits per heavy atom. The summed E-state index contributed by atoms with van der Waals surface area (Å²) < 4.78 is 26.7. The second-order valence-electron chi connectivity index (χ2n) is 4.26. The second kappa shape index (κ2) is 4.33. The van der Waals surface area contributed by atoms with Gasteiger partial charge in [-0.25, -0.2) is 8.78 Å². The van der Waals surface area contributed by atoms with Gasteiger partial charge < -0.3 is 0 Å². The minimum absolute atomic E-state index is 0.364. The number of rotatable bonds is 1. The highest BCUT2D eigenvalue weighted by Gasteiger charge is 2.18. The molecule has 0 atom stereocenters. The summed E-state index contributed by atoms with van der Waals surface area (Å²) >= 11 is 0. The summed E-state index contributed by atoms with van der Waals surface area (Å²) in [5.74, 6) is -1.13. The molecule has 0 bridgehead atoms. The fourth-order valence-electron chi connectivity index (χ4n) is 2.25. The largest absolute Gasteiger partial charge is 0.284 e. The van der Waals surface area contributed by atoms with E-state index in [4.69, 9.17) is 0 Å². The summed E-state index contributed by atoms with van der Waals surface area (Å²) in [5, 5.41) is 0. The lowest BCUT2D eigenvalue weighted by Crippen LogP contribution is -2.15. The molecule has 1 heterocycles. The van der Waals surface area contributed by atoms with Crippen molar-refractivity contribution in [2.45, 2.75) is 6.42 Å². The lowest BCUT2D eigenvalue weighted by molar-refractivity contribution is 0.581. The van der Waals surface area contributed by atoms with E-state index in [0.29, 0.717) is 17.8 Å². The molecule has 0 aliphatic carbocycles. The molecule has 3 heteroatoms. The average Bonchev–Trinajstić information content (AvgIpc) is 2.38. The van der Waals surface area contributed by atoms with Crippen LogP contribution in [0.15, 0.2) is 47.5 Å². The monoisotopic (exact) mass is 243 g/mol. The van der Waals surface area contributed by atoms with E-state index in [0.717, 1.165) is 23.6 Å². The summed E-state index contributed by atoms with van der Waals surface area (Å²) in [6.45, 7) is 0.642. The molecule has 1 aliphatic heterocycles. The molecule has 0 saturated heterocycles. The molecule has 2 aromatic carbocycles. The van der Waals surface area contributed by atoms with E-state index in [9.17, 15) is 8.78 Å². The summed E-state index contributed by atoms with van der Waals surface area (Å²) in [6.07, 6.45) is 0.864. The van der Waals surface area contributed by atoms with Gasteiger partial charge in [-0.3, -0.25) is 4.99 Å². The Labute approximate surface area is 104 Å². The summed E-state index contributed by atoms with van der Waals surface area (Å²) in [6, 6.07) is 11.4. The van der Waals surface area contributed by atoms with Gasteiger partial charge in [-0.15, -0.1) is 0 Å². The summed E-state index contributed by atoms with van der Waals surface area (Å²) in [4.78, 5) is 4.39. The maximum Gasteiger partial charge on any atom is 0.135 e. The third-order valence-corrected chi connectivity index (χ3v) is 3.11. The van der Waals surface area contributed by atoms with Crippen LogP contribution >= 0.6 is 0 Å². The molecule has 0 spiro atoms. The second-order valence-corrected chi connectivity index (χ2v) is 4.26. The number of halogens is 2. The van der Waals surface area contributed by atoms with Crippen LogP contribution in [0, 0.1) is 11.6 Å². The standard InChI is InChI=1S/C15H11F2N/c16-11-5-6-13(14(17)9-11)15-12-4-2-1-3-10(12)7-8-18-15/h1-6,9H,7-8H2. The van der Waals surface area contributed by atoms with Gasteiger partial charge in [-0.05, 0) is 24.1 Å². The SMILES string of the molecule is Fc1ccc(C2=NCCc3ccccc32)c(F)c1. The fourth-order valence-corrected chi connectivity index (χ4v) is 2.25. The first-order valence-corrected chi connectivity index (χ1v) is 5.84. The molecule has 0 aromatic heterocycles. The van der Waals surface area contributed by atoms with Gasteiger partial charge >= 0.3 is 0 Å². The topological polar surface area (TPSA) is 12.4 Å². The minimum atomic E-state index is -0.569. The van der Waals surface area contributed by atoms with Gasteiger partial charge in [-0.2, -0.15) is 0 Å². The molecular weight excluding hydrogens is 232 g/mol. The quantitative estimate of drug-likeness (QED) is 0.728. The smallest absolute Gasteiger partial charge is 0.135 e. The Balaban J connectivity index is 2.15. The average molecular weight is 243 g/mol. The minimum Gasteiger partial charge on any atom is -0.284 e. The van der Waals surface area contributed by atoms with Crippen LogP contribution in [-0.2, 0) is 6.42 Å². The van der Waals surface area contributed by atoms with Crippen molar-refractivity contribution >= 4 is 5.71 Å². The summed E-state index contributed by atoms with van der Waals surface area (Å²) in [7, 11) is 0. The molecule has 0 amide bonds. The first kappa shape index (κ1) is 11.1. The molecular formula is C15H11F2N. The predicted molar refractivity (Wildman–Crippen MR) is 67.0 cm³/mol. The van der Waals surface area contributed by atoms with Crippen molar-refractivity contribution in [2.24, 2.45) is 4.99 Å². The molecule has 1 nitrogen and oxygen atoms in total. The number of fused-ring (bicyclic) bond motifs is 1. The fraction of sp³-hybridized carbons (Fsp3) is 0.133. The zero-order valence-electron chi connectivity index (χ0n) is 9.66. The van der Waals surface area contributed by atoms with Gasteiger partial charge in [0.25, 0.3) is 0 Å². The van der Waals surface area contributed by atoms with Crippen LogP contribution in [-0.4, -0.2) is 12.3 Å². The van der Waals surface area contributed by atoms with Crippen molar-refractivity contribution in [1.29, 1.82) is 0 Å². The highest BCUT2D eigenvalue weighted by Crippen LogP contribution is 2.22.